The molecule has 1 aromatic heterocycles. The minimum absolute atomic E-state index is 0.306. The number of hydrogen-bond acceptors (Lipinski definition) is 4. The van der Waals surface area contributed by atoms with E-state index in [0.717, 1.165) is 22.6 Å². The van der Waals surface area contributed by atoms with Gasteiger partial charge >= 0.3 is 5.97 Å². The maximum Gasteiger partial charge on any atom is 0.347 e. The van der Waals surface area contributed by atoms with Gasteiger partial charge in [-0.25, -0.2) is 9.78 Å². The van der Waals surface area contributed by atoms with Gasteiger partial charge in [0.25, 0.3) is 0 Å². The molecular weight excluding hydrogens is 238 g/mol. The number of ether oxygens (including phenoxy) is 1. The summed E-state index contributed by atoms with van der Waals surface area (Å²) < 4.78 is 5.06. The average molecular weight is 249 g/mol. The van der Waals surface area contributed by atoms with Crippen LogP contribution in [0.4, 0.5) is 0 Å². The van der Waals surface area contributed by atoms with Gasteiger partial charge in [0.1, 0.15) is 10.6 Å². The Kier molecular flexibility index (Phi) is 3.39. The van der Waals surface area contributed by atoms with Gasteiger partial charge in [0.15, 0.2) is 0 Å². The topological polar surface area (TPSA) is 59.4 Å². The Hall–Kier alpha value is -1.88. The number of hydrogen-bond donors (Lipinski definition) is 1. The molecule has 1 heterocycles. The van der Waals surface area contributed by atoms with E-state index in [1.807, 2.05) is 24.3 Å². The Morgan fingerprint density at radius 1 is 1.41 bits per heavy atom. The summed E-state index contributed by atoms with van der Waals surface area (Å²) in [5.74, 6) is -0.138. The first-order chi connectivity index (χ1) is 8.20. The molecule has 0 bridgehead atoms. The normalized spacial score (nSPS) is 10.2. The molecule has 0 saturated heterocycles. The standard InChI is InChI=1S/C12H11NO3S/c1-16-9-4-2-8(3-5-9)6-10-11(12(14)15)17-7-13-10/h2-5,7H,6H2,1H3,(H,14,15). The number of aromatic nitrogens is 1. The van der Waals surface area contributed by atoms with E-state index in [9.17, 15) is 4.79 Å². The predicted octanol–water partition coefficient (Wildman–Crippen LogP) is 2.44. The lowest BCUT2D eigenvalue weighted by molar-refractivity contribution is 0.0701. The number of carbonyl (C=O) groups is 1. The zero-order chi connectivity index (χ0) is 12.3. The molecule has 4 nitrogen and oxygen atoms in total. The second kappa shape index (κ2) is 4.97. The zero-order valence-electron chi connectivity index (χ0n) is 9.21. The van der Waals surface area contributed by atoms with Crippen LogP contribution < -0.4 is 4.74 Å². The number of carboxylic acids is 1. The summed E-state index contributed by atoms with van der Waals surface area (Å²) in [5, 5.41) is 8.97. The van der Waals surface area contributed by atoms with E-state index in [0.29, 0.717) is 17.0 Å². The van der Waals surface area contributed by atoms with Crippen LogP contribution in [0.1, 0.15) is 20.9 Å². The number of aromatic carboxylic acids is 1. The van der Waals surface area contributed by atoms with Crippen LogP contribution in [0.3, 0.4) is 0 Å². The van der Waals surface area contributed by atoms with Crippen molar-refractivity contribution in [3.05, 3.63) is 45.9 Å². The van der Waals surface area contributed by atoms with E-state index in [1.165, 1.54) is 0 Å². The summed E-state index contributed by atoms with van der Waals surface area (Å²) in [5.41, 5.74) is 3.18. The summed E-state index contributed by atoms with van der Waals surface area (Å²) >= 11 is 1.15. The van der Waals surface area contributed by atoms with E-state index < -0.39 is 5.97 Å². The van der Waals surface area contributed by atoms with Crippen molar-refractivity contribution in [2.75, 3.05) is 7.11 Å². The molecule has 1 aromatic carbocycles. The van der Waals surface area contributed by atoms with Crippen molar-refractivity contribution in [2.24, 2.45) is 0 Å². The molecule has 5 heteroatoms. The molecule has 0 amide bonds. The molecule has 0 saturated carbocycles. The van der Waals surface area contributed by atoms with Gasteiger partial charge in [0, 0.05) is 6.42 Å². The molecule has 2 aromatic rings. The molecule has 0 spiro atoms. The summed E-state index contributed by atoms with van der Waals surface area (Å²) in [4.78, 5) is 15.3. The average Bonchev–Trinajstić information content (AvgIpc) is 2.78. The van der Waals surface area contributed by atoms with Crippen molar-refractivity contribution in [3.8, 4) is 5.75 Å². The van der Waals surface area contributed by atoms with E-state index in [1.54, 1.807) is 12.6 Å². The fourth-order valence-corrected chi connectivity index (χ4v) is 2.15. The third-order valence-electron chi connectivity index (χ3n) is 2.37. The van der Waals surface area contributed by atoms with Crippen LogP contribution in [0.15, 0.2) is 29.8 Å². The summed E-state index contributed by atoms with van der Waals surface area (Å²) in [6.07, 6.45) is 0.523. The van der Waals surface area contributed by atoms with Crippen LogP contribution in [-0.2, 0) is 6.42 Å². The van der Waals surface area contributed by atoms with Gasteiger partial charge in [0.2, 0.25) is 0 Å². The van der Waals surface area contributed by atoms with Gasteiger partial charge in [-0.1, -0.05) is 12.1 Å². The summed E-state index contributed by atoms with van der Waals surface area (Å²) in [6, 6.07) is 7.51. The molecule has 0 aliphatic carbocycles. The minimum atomic E-state index is -0.920. The van der Waals surface area contributed by atoms with Crippen LogP contribution in [-0.4, -0.2) is 23.2 Å². The highest BCUT2D eigenvalue weighted by molar-refractivity contribution is 7.11. The van der Waals surface area contributed by atoms with Gasteiger partial charge in [-0.05, 0) is 17.7 Å². The molecule has 0 radical (unpaired) electrons. The number of benzene rings is 1. The van der Waals surface area contributed by atoms with Crippen LogP contribution in [0.5, 0.6) is 5.75 Å². The largest absolute Gasteiger partial charge is 0.497 e. The third kappa shape index (κ3) is 2.62. The van der Waals surface area contributed by atoms with E-state index in [4.69, 9.17) is 9.84 Å². The Balaban J connectivity index is 2.19. The molecule has 2 rings (SSSR count). The van der Waals surface area contributed by atoms with Crippen molar-refractivity contribution in [1.82, 2.24) is 4.98 Å². The Bertz CT molecular complexity index is 519. The summed E-state index contributed by atoms with van der Waals surface area (Å²) in [7, 11) is 1.61. The Morgan fingerprint density at radius 3 is 2.71 bits per heavy atom. The molecule has 17 heavy (non-hydrogen) atoms. The van der Waals surface area contributed by atoms with E-state index in [-0.39, 0.29) is 0 Å². The molecule has 0 aliphatic rings. The number of carboxylic acid groups (broad SMARTS) is 1. The lowest BCUT2D eigenvalue weighted by atomic mass is 10.1. The first-order valence-electron chi connectivity index (χ1n) is 4.99. The van der Waals surface area contributed by atoms with Crippen molar-refractivity contribution in [1.29, 1.82) is 0 Å². The van der Waals surface area contributed by atoms with Crippen molar-refractivity contribution in [2.45, 2.75) is 6.42 Å². The van der Waals surface area contributed by atoms with Gasteiger partial charge in [-0.3, -0.25) is 0 Å². The van der Waals surface area contributed by atoms with Crippen LogP contribution >= 0.6 is 11.3 Å². The van der Waals surface area contributed by atoms with E-state index >= 15 is 0 Å². The number of rotatable bonds is 4. The monoisotopic (exact) mass is 249 g/mol. The van der Waals surface area contributed by atoms with Crippen LogP contribution in [0, 0.1) is 0 Å². The first-order valence-corrected chi connectivity index (χ1v) is 5.87. The second-order valence-electron chi connectivity index (χ2n) is 3.46. The Morgan fingerprint density at radius 2 is 2.12 bits per heavy atom. The highest BCUT2D eigenvalue weighted by Gasteiger charge is 2.13. The van der Waals surface area contributed by atoms with Crippen molar-refractivity contribution >= 4 is 17.3 Å². The molecule has 0 atom stereocenters. The van der Waals surface area contributed by atoms with Gasteiger partial charge < -0.3 is 9.84 Å². The van der Waals surface area contributed by atoms with Gasteiger partial charge in [-0.15, -0.1) is 11.3 Å². The SMILES string of the molecule is COc1ccc(Cc2ncsc2C(=O)O)cc1. The fraction of sp³-hybridized carbons (Fsp3) is 0.167. The first kappa shape index (κ1) is 11.6. The highest BCUT2D eigenvalue weighted by atomic mass is 32.1. The molecule has 0 aliphatic heterocycles. The number of nitrogens with zero attached hydrogens (tertiary/aromatic N) is 1. The minimum Gasteiger partial charge on any atom is -0.497 e. The predicted molar refractivity (Wildman–Crippen MR) is 64.9 cm³/mol. The van der Waals surface area contributed by atoms with Crippen molar-refractivity contribution < 1.29 is 14.6 Å². The fourth-order valence-electron chi connectivity index (χ4n) is 1.51. The molecule has 0 fully saturated rings. The smallest absolute Gasteiger partial charge is 0.347 e. The van der Waals surface area contributed by atoms with Crippen molar-refractivity contribution in [3.63, 3.8) is 0 Å². The quantitative estimate of drug-likeness (QED) is 0.904. The molecule has 1 N–H and O–H groups in total. The number of thiazole rings is 1. The zero-order valence-corrected chi connectivity index (χ0v) is 10.0. The lowest BCUT2D eigenvalue weighted by Crippen LogP contribution is -1.99. The molecule has 0 unspecified atom stereocenters. The van der Waals surface area contributed by atoms with Gasteiger partial charge in [-0.2, -0.15) is 0 Å². The Labute approximate surface area is 103 Å². The second-order valence-corrected chi connectivity index (χ2v) is 4.31. The maximum atomic E-state index is 10.9. The van der Waals surface area contributed by atoms with Crippen LogP contribution in [0.2, 0.25) is 0 Å². The van der Waals surface area contributed by atoms with Crippen LogP contribution in [0.25, 0.3) is 0 Å². The van der Waals surface area contributed by atoms with Gasteiger partial charge in [0.05, 0.1) is 18.3 Å². The number of methoxy groups -OCH3 is 1. The highest BCUT2D eigenvalue weighted by Crippen LogP contribution is 2.19. The summed E-state index contributed by atoms with van der Waals surface area (Å²) in [6.45, 7) is 0. The third-order valence-corrected chi connectivity index (χ3v) is 3.22. The van der Waals surface area contributed by atoms with E-state index in [2.05, 4.69) is 4.98 Å². The molecule has 88 valence electrons. The maximum absolute atomic E-state index is 10.9. The molecular formula is C12H11NO3S. The lowest BCUT2D eigenvalue weighted by Gasteiger charge is -2.02.